The van der Waals surface area contributed by atoms with Gasteiger partial charge in [0, 0.05) is 29.2 Å². The van der Waals surface area contributed by atoms with Gasteiger partial charge in [0.05, 0.1) is 5.41 Å². The summed E-state index contributed by atoms with van der Waals surface area (Å²) in [6.45, 7) is 20.9. The standard InChI is InChI=1S/C48H69NO11/c1-11-12-13-30(36(51)34-25-33-40(58-34)31(45(3,4)5)24-32(49-33)28-15-20-46(6,7)21-16-28)26-47(8,9)19-14-27(2)35(50)29-17-22-48(10,23-18-29)44(57)60-43-39(54)37(52)38(53)41(59-43)42(55)56/h13-14,24-25,28-29,37-39,41,43,52-54H,11-12,15-23,26H2,1-10H3,(H,55,56)/b27-14-,30-13-. The number of hydrogen-bond donors (Lipinski definition) is 4. The summed E-state index contributed by atoms with van der Waals surface area (Å²) in [5.41, 5.74) is 3.56. The highest BCUT2D eigenvalue weighted by Gasteiger charge is 2.50. The fraction of sp³-hybridized carbons (Fsp3) is 0.688. The molecular weight excluding hydrogens is 767 g/mol. The number of aliphatic hydroxyl groups is 3. The molecule has 0 amide bonds. The van der Waals surface area contributed by atoms with Crippen molar-refractivity contribution in [3.8, 4) is 0 Å². The van der Waals surface area contributed by atoms with Crippen LogP contribution in [0.3, 0.4) is 0 Å². The van der Waals surface area contributed by atoms with Crippen LogP contribution in [0.4, 0.5) is 0 Å². The molecule has 2 aromatic rings. The lowest BCUT2D eigenvalue weighted by Gasteiger charge is -2.40. The topological polar surface area (TPSA) is 194 Å². The maximum Gasteiger partial charge on any atom is 0.335 e. The number of furan rings is 1. The smallest absolute Gasteiger partial charge is 0.335 e. The first-order chi connectivity index (χ1) is 27.9. The molecule has 2 aromatic heterocycles. The van der Waals surface area contributed by atoms with Crippen LogP contribution in [0, 0.1) is 22.2 Å². The Morgan fingerprint density at radius 3 is 2.12 bits per heavy atom. The van der Waals surface area contributed by atoms with Gasteiger partial charge in [-0.25, -0.2) is 9.78 Å². The number of allylic oxidation sites excluding steroid dienone is 4. The van der Waals surface area contributed by atoms with E-state index >= 15 is 0 Å². The van der Waals surface area contributed by atoms with Gasteiger partial charge in [-0.3, -0.25) is 14.4 Å². The summed E-state index contributed by atoms with van der Waals surface area (Å²) in [6, 6.07) is 4.03. The Bertz CT molecular complexity index is 1960. The monoisotopic (exact) mass is 835 g/mol. The number of pyridine rings is 1. The maximum atomic E-state index is 14.3. The molecule has 2 aliphatic carbocycles. The van der Waals surface area contributed by atoms with E-state index in [1.165, 1.54) is 0 Å². The Balaban J connectivity index is 1.23. The van der Waals surface area contributed by atoms with E-state index in [0.717, 1.165) is 55.3 Å². The Hall–Kier alpha value is -3.71. The number of nitrogens with zero attached hydrogens (tertiary/aromatic N) is 1. The quantitative estimate of drug-likeness (QED) is 0.0805. The Morgan fingerprint density at radius 2 is 1.53 bits per heavy atom. The fourth-order valence-electron chi connectivity index (χ4n) is 8.90. The molecule has 5 unspecified atom stereocenters. The average molecular weight is 836 g/mol. The molecule has 4 N–H and O–H groups in total. The summed E-state index contributed by atoms with van der Waals surface area (Å²) in [5, 5.41) is 39.7. The number of rotatable bonds is 14. The molecule has 60 heavy (non-hydrogen) atoms. The number of carboxylic acids is 1. The van der Waals surface area contributed by atoms with Gasteiger partial charge >= 0.3 is 11.9 Å². The molecular formula is C48H69NO11. The molecule has 12 nitrogen and oxygen atoms in total. The SMILES string of the molecule is CCC/C=C(/CC(C)(C)C/C=C(/C)C(=O)C1CCC(C)(C(=O)OC2OC(C(=O)O)C(O)C(O)C2O)CC1)C(=O)c1cc2nc(C3CCC(C)(C)CC3)cc(C(C)(C)C)c2o1. The molecule has 5 rings (SSSR count). The number of fused-ring (bicyclic) bond motifs is 1. The molecule has 3 aliphatic rings. The Labute approximate surface area is 355 Å². The first-order valence-corrected chi connectivity index (χ1v) is 21.9. The van der Waals surface area contributed by atoms with Crippen LogP contribution >= 0.6 is 0 Å². The van der Waals surface area contributed by atoms with Crippen molar-refractivity contribution >= 4 is 34.6 Å². The van der Waals surface area contributed by atoms with Crippen LogP contribution in [0.5, 0.6) is 0 Å². The van der Waals surface area contributed by atoms with Crippen molar-refractivity contribution < 1.29 is 53.5 Å². The van der Waals surface area contributed by atoms with Crippen molar-refractivity contribution in [2.75, 3.05) is 0 Å². The van der Waals surface area contributed by atoms with Crippen LogP contribution in [-0.2, 0) is 29.3 Å². The molecule has 0 spiro atoms. The minimum Gasteiger partial charge on any atom is -0.479 e. The van der Waals surface area contributed by atoms with Crippen LogP contribution in [-0.4, -0.2) is 79.6 Å². The zero-order chi connectivity index (χ0) is 44.5. The van der Waals surface area contributed by atoms with Gasteiger partial charge in [-0.1, -0.05) is 74.0 Å². The molecule has 2 saturated carbocycles. The highest BCUT2D eigenvalue weighted by Crippen LogP contribution is 2.45. The molecule has 3 fully saturated rings. The number of aromatic nitrogens is 1. The molecule has 3 heterocycles. The minimum absolute atomic E-state index is 0.00720. The summed E-state index contributed by atoms with van der Waals surface area (Å²) in [5.74, 6) is -2.11. The number of esters is 1. The van der Waals surface area contributed by atoms with Gasteiger partial charge < -0.3 is 34.3 Å². The van der Waals surface area contributed by atoms with E-state index in [9.17, 15) is 39.6 Å². The third-order valence-electron chi connectivity index (χ3n) is 13.3. The van der Waals surface area contributed by atoms with E-state index in [2.05, 4.69) is 61.5 Å². The number of aliphatic carboxylic acids is 1. The number of hydrogen-bond acceptors (Lipinski definition) is 11. The van der Waals surface area contributed by atoms with E-state index in [4.69, 9.17) is 18.9 Å². The van der Waals surface area contributed by atoms with Crippen LogP contribution < -0.4 is 0 Å². The summed E-state index contributed by atoms with van der Waals surface area (Å²) in [6.07, 6.45) is 3.28. The van der Waals surface area contributed by atoms with Crippen LogP contribution in [0.1, 0.15) is 174 Å². The van der Waals surface area contributed by atoms with Gasteiger partial charge in [0.2, 0.25) is 12.1 Å². The second-order valence-electron chi connectivity index (χ2n) is 20.7. The second kappa shape index (κ2) is 18.3. The van der Waals surface area contributed by atoms with Gasteiger partial charge in [-0.15, -0.1) is 0 Å². The van der Waals surface area contributed by atoms with E-state index < -0.39 is 48.1 Å². The number of carboxylic acid groups (broad SMARTS) is 1. The molecule has 0 bridgehead atoms. The lowest BCUT2D eigenvalue weighted by Crippen LogP contribution is -2.61. The van der Waals surface area contributed by atoms with Crippen LogP contribution in [0.15, 0.2) is 39.8 Å². The molecule has 5 atom stereocenters. The zero-order valence-electron chi connectivity index (χ0n) is 37.4. The van der Waals surface area contributed by atoms with Crippen LogP contribution in [0.2, 0.25) is 0 Å². The van der Waals surface area contributed by atoms with Crippen LogP contribution in [0.25, 0.3) is 11.1 Å². The number of carbonyl (C=O) groups is 4. The van der Waals surface area contributed by atoms with E-state index in [0.29, 0.717) is 72.3 Å². The van der Waals surface area contributed by atoms with Crippen molar-refractivity contribution in [3.63, 3.8) is 0 Å². The molecule has 12 heteroatoms. The second-order valence-corrected chi connectivity index (χ2v) is 20.7. The molecule has 1 saturated heterocycles. The van der Waals surface area contributed by atoms with Crippen molar-refractivity contribution in [3.05, 3.63) is 52.4 Å². The van der Waals surface area contributed by atoms with Gasteiger partial charge in [-0.2, -0.15) is 0 Å². The first-order valence-electron chi connectivity index (χ1n) is 21.9. The first kappa shape index (κ1) is 47.3. The third-order valence-corrected chi connectivity index (χ3v) is 13.3. The van der Waals surface area contributed by atoms with Gasteiger partial charge in [0.25, 0.3) is 0 Å². The average Bonchev–Trinajstić information content (AvgIpc) is 3.61. The summed E-state index contributed by atoms with van der Waals surface area (Å²) >= 11 is 0. The van der Waals surface area contributed by atoms with Crippen molar-refractivity contribution in [1.29, 1.82) is 0 Å². The summed E-state index contributed by atoms with van der Waals surface area (Å²) in [7, 11) is 0. The molecule has 332 valence electrons. The highest BCUT2D eigenvalue weighted by atomic mass is 16.7. The predicted octanol–water partition coefficient (Wildman–Crippen LogP) is 8.67. The number of Topliss-reactive ketones (excluding diaryl/α,β-unsaturated/α-hetero) is 2. The van der Waals surface area contributed by atoms with E-state index in [-0.39, 0.29) is 28.3 Å². The van der Waals surface area contributed by atoms with E-state index in [1.54, 1.807) is 13.8 Å². The van der Waals surface area contributed by atoms with E-state index in [1.807, 2.05) is 18.2 Å². The highest BCUT2D eigenvalue weighted by molar-refractivity contribution is 6.08. The number of aliphatic hydroxyl groups excluding tert-OH is 3. The summed E-state index contributed by atoms with van der Waals surface area (Å²) in [4.78, 5) is 57.8. The Kier molecular flexibility index (Phi) is 14.5. The fourth-order valence-corrected chi connectivity index (χ4v) is 8.90. The zero-order valence-corrected chi connectivity index (χ0v) is 37.4. The van der Waals surface area contributed by atoms with Crippen molar-refractivity contribution in [2.24, 2.45) is 22.2 Å². The predicted molar refractivity (Wildman–Crippen MR) is 227 cm³/mol. The number of ketones is 2. The summed E-state index contributed by atoms with van der Waals surface area (Å²) < 4.78 is 16.9. The molecule has 0 radical (unpaired) electrons. The van der Waals surface area contributed by atoms with Gasteiger partial charge in [-0.05, 0) is 118 Å². The lowest BCUT2D eigenvalue weighted by molar-refractivity contribution is -0.289. The molecule has 0 aromatic carbocycles. The Morgan fingerprint density at radius 1 is 0.900 bits per heavy atom. The molecule has 1 aliphatic heterocycles. The normalized spacial score (nSPS) is 28.4. The minimum atomic E-state index is -1.90. The number of ether oxygens (including phenoxy) is 2. The maximum absolute atomic E-state index is 14.3. The third kappa shape index (κ3) is 10.8. The van der Waals surface area contributed by atoms with Crippen molar-refractivity contribution in [1.82, 2.24) is 4.98 Å². The number of carbonyl (C=O) groups excluding carboxylic acids is 3. The van der Waals surface area contributed by atoms with Gasteiger partial charge in [0.1, 0.15) is 23.8 Å². The lowest BCUT2D eigenvalue weighted by atomic mass is 9.70. The van der Waals surface area contributed by atoms with Crippen molar-refractivity contribution in [2.45, 2.75) is 188 Å². The largest absolute Gasteiger partial charge is 0.479 e. The number of unbranched alkanes of at least 4 members (excludes halogenated alkanes) is 1. The van der Waals surface area contributed by atoms with Gasteiger partial charge in [0.15, 0.2) is 23.2 Å².